The van der Waals surface area contributed by atoms with Gasteiger partial charge in [0.2, 0.25) is 11.7 Å². The van der Waals surface area contributed by atoms with E-state index in [1.54, 1.807) is 13.0 Å². The van der Waals surface area contributed by atoms with Gasteiger partial charge < -0.3 is 4.52 Å². The third kappa shape index (κ3) is 3.12. The van der Waals surface area contributed by atoms with E-state index in [0.717, 1.165) is 19.4 Å². The van der Waals surface area contributed by atoms with Crippen LogP contribution in [0.2, 0.25) is 0 Å². The first-order chi connectivity index (χ1) is 12.2. The summed E-state index contributed by atoms with van der Waals surface area (Å²) >= 11 is 1.84. The molecule has 3 aromatic rings. The summed E-state index contributed by atoms with van der Waals surface area (Å²) in [6.07, 6.45) is 2.11. The Bertz CT molecular complexity index is 888. The molecular formula is C19H20FN3OS. The lowest BCUT2D eigenvalue weighted by Crippen LogP contribution is -2.34. The number of fused-ring (bicyclic) bond motifs is 1. The number of rotatable bonds is 4. The van der Waals surface area contributed by atoms with Crippen molar-refractivity contribution in [3.05, 3.63) is 57.4 Å². The third-order valence-corrected chi connectivity index (χ3v) is 5.83. The van der Waals surface area contributed by atoms with Crippen molar-refractivity contribution >= 4 is 11.3 Å². The van der Waals surface area contributed by atoms with Gasteiger partial charge in [-0.15, -0.1) is 11.3 Å². The van der Waals surface area contributed by atoms with Gasteiger partial charge in [-0.2, -0.15) is 4.98 Å². The molecule has 4 rings (SSSR count). The smallest absolute Gasteiger partial charge is 0.241 e. The molecule has 0 radical (unpaired) electrons. The molecule has 6 heteroatoms. The molecule has 0 N–H and O–H groups in total. The van der Waals surface area contributed by atoms with Gasteiger partial charge in [-0.05, 0) is 48.4 Å². The fraction of sp³-hybridized carbons (Fsp3) is 0.368. The highest BCUT2D eigenvalue weighted by molar-refractivity contribution is 7.10. The van der Waals surface area contributed by atoms with Crippen LogP contribution in [-0.4, -0.2) is 21.6 Å². The second-order valence-electron chi connectivity index (χ2n) is 6.42. The molecule has 0 amide bonds. The van der Waals surface area contributed by atoms with Crippen molar-refractivity contribution in [1.29, 1.82) is 0 Å². The maximum Gasteiger partial charge on any atom is 0.241 e. The van der Waals surface area contributed by atoms with E-state index in [0.29, 0.717) is 35.4 Å². The molecule has 1 aromatic carbocycles. The monoisotopic (exact) mass is 357 g/mol. The van der Waals surface area contributed by atoms with Crippen molar-refractivity contribution < 1.29 is 8.91 Å². The molecular weight excluding hydrogens is 337 g/mol. The number of hydrogen-bond acceptors (Lipinski definition) is 5. The van der Waals surface area contributed by atoms with Crippen molar-refractivity contribution in [2.24, 2.45) is 0 Å². The normalized spacial score (nSPS) is 17.6. The molecule has 1 aliphatic rings. The molecule has 25 heavy (non-hydrogen) atoms. The maximum atomic E-state index is 13.8. The molecule has 4 nitrogen and oxygen atoms in total. The van der Waals surface area contributed by atoms with Crippen molar-refractivity contribution in [2.45, 2.75) is 39.3 Å². The molecule has 0 bridgehead atoms. The number of halogens is 1. The minimum atomic E-state index is -0.254. The summed E-state index contributed by atoms with van der Waals surface area (Å²) in [5.74, 6) is 0.763. The van der Waals surface area contributed by atoms with E-state index in [2.05, 4.69) is 33.4 Å². The van der Waals surface area contributed by atoms with Gasteiger partial charge in [0.1, 0.15) is 5.82 Å². The van der Waals surface area contributed by atoms with Crippen LogP contribution in [-0.2, 0) is 13.0 Å². The average Bonchev–Trinajstić information content (AvgIpc) is 3.26. The molecule has 0 saturated carbocycles. The number of aromatic nitrogens is 2. The lowest BCUT2D eigenvalue weighted by molar-refractivity contribution is 0.151. The zero-order valence-corrected chi connectivity index (χ0v) is 15.1. The number of aryl methyl sites for hydroxylation is 1. The van der Waals surface area contributed by atoms with Crippen molar-refractivity contribution in [3.8, 4) is 11.4 Å². The molecule has 3 heterocycles. The van der Waals surface area contributed by atoms with Gasteiger partial charge >= 0.3 is 0 Å². The van der Waals surface area contributed by atoms with E-state index in [1.165, 1.54) is 16.5 Å². The van der Waals surface area contributed by atoms with Crippen LogP contribution in [0.5, 0.6) is 0 Å². The van der Waals surface area contributed by atoms with E-state index in [-0.39, 0.29) is 5.82 Å². The largest absolute Gasteiger partial charge is 0.338 e. The van der Waals surface area contributed by atoms with Gasteiger partial charge in [0.05, 0.1) is 6.54 Å². The Morgan fingerprint density at radius 2 is 2.24 bits per heavy atom. The van der Waals surface area contributed by atoms with Gasteiger partial charge in [-0.1, -0.05) is 24.2 Å². The first kappa shape index (κ1) is 16.4. The van der Waals surface area contributed by atoms with Crippen LogP contribution in [0, 0.1) is 12.7 Å². The second kappa shape index (κ2) is 6.69. The van der Waals surface area contributed by atoms with E-state index in [9.17, 15) is 4.39 Å². The first-order valence-corrected chi connectivity index (χ1v) is 9.43. The highest BCUT2D eigenvalue weighted by Crippen LogP contribution is 2.36. The summed E-state index contributed by atoms with van der Waals surface area (Å²) < 4.78 is 19.2. The van der Waals surface area contributed by atoms with Crippen LogP contribution in [0.15, 0.2) is 34.2 Å². The molecule has 0 fully saturated rings. The minimum absolute atomic E-state index is 0.254. The number of thiophene rings is 1. The third-order valence-electron chi connectivity index (χ3n) is 4.83. The number of hydrogen-bond donors (Lipinski definition) is 0. The Morgan fingerprint density at radius 3 is 3.04 bits per heavy atom. The lowest BCUT2D eigenvalue weighted by Gasteiger charge is -2.34. The molecule has 0 aliphatic carbocycles. The Hall–Kier alpha value is -2.05. The summed E-state index contributed by atoms with van der Waals surface area (Å²) in [6.45, 7) is 5.55. The molecule has 1 unspecified atom stereocenters. The highest BCUT2D eigenvalue weighted by Gasteiger charge is 2.28. The Morgan fingerprint density at radius 1 is 1.36 bits per heavy atom. The molecule has 0 spiro atoms. The van der Waals surface area contributed by atoms with Crippen LogP contribution in [0.25, 0.3) is 11.4 Å². The van der Waals surface area contributed by atoms with Crippen LogP contribution in [0.1, 0.15) is 41.3 Å². The summed E-state index contributed by atoms with van der Waals surface area (Å²) in [6, 6.07) is 7.63. The SMILES string of the molecule is CCC1c2ccsc2CCN1Cc1nc(-c2ccc(C)c(F)c2)no1. The summed E-state index contributed by atoms with van der Waals surface area (Å²) in [4.78, 5) is 8.36. The molecule has 1 aliphatic heterocycles. The minimum Gasteiger partial charge on any atom is -0.338 e. The molecule has 2 aromatic heterocycles. The maximum absolute atomic E-state index is 13.8. The highest BCUT2D eigenvalue weighted by atomic mass is 32.1. The summed E-state index contributed by atoms with van der Waals surface area (Å²) in [7, 11) is 0. The molecule has 0 saturated heterocycles. The zero-order chi connectivity index (χ0) is 17.4. The summed E-state index contributed by atoms with van der Waals surface area (Å²) in [5.41, 5.74) is 2.68. The standard InChI is InChI=1S/C19H20FN3OS/c1-3-16-14-7-9-25-17(14)6-8-23(16)11-18-21-19(22-24-18)13-5-4-12(2)15(20)10-13/h4-5,7,9-10,16H,3,6,8,11H2,1-2H3. The zero-order valence-electron chi connectivity index (χ0n) is 14.3. The van der Waals surface area contributed by atoms with E-state index in [4.69, 9.17) is 4.52 Å². The van der Waals surface area contributed by atoms with Gasteiger partial charge in [0.25, 0.3) is 0 Å². The van der Waals surface area contributed by atoms with Crippen LogP contribution < -0.4 is 0 Å². The lowest BCUT2D eigenvalue weighted by atomic mass is 9.98. The number of benzene rings is 1. The van der Waals surface area contributed by atoms with Gasteiger partial charge in [0, 0.05) is 23.0 Å². The fourth-order valence-electron chi connectivity index (χ4n) is 3.46. The van der Waals surface area contributed by atoms with Crippen molar-refractivity contribution in [3.63, 3.8) is 0 Å². The Kier molecular flexibility index (Phi) is 4.39. The van der Waals surface area contributed by atoms with E-state index >= 15 is 0 Å². The quantitative estimate of drug-likeness (QED) is 0.675. The average molecular weight is 357 g/mol. The molecule has 1 atom stereocenters. The number of nitrogens with zero attached hydrogens (tertiary/aromatic N) is 3. The van der Waals surface area contributed by atoms with E-state index in [1.807, 2.05) is 17.4 Å². The van der Waals surface area contributed by atoms with Crippen LogP contribution in [0.3, 0.4) is 0 Å². The Balaban J connectivity index is 1.54. The fourth-order valence-corrected chi connectivity index (χ4v) is 4.39. The topological polar surface area (TPSA) is 42.2 Å². The van der Waals surface area contributed by atoms with Crippen molar-refractivity contribution in [1.82, 2.24) is 15.0 Å². The predicted octanol–water partition coefficient (Wildman–Crippen LogP) is 4.76. The van der Waals surface area contributed by atoms with Gasteiger partial charge in [0.15, 0.2) is 0 Å². The van der Waals surface area contributed by atoms with E-state index < -0.39 is 0 Å². The van der Waals surface area contributed by atoms with Crippen LogP contribution >= 0.6 is 11.3 Å². The van der Waals surface area contributed by atoms with Crippen molar-refractivity contribution in [2.75, 3.05) is 6.54 Å². The predicted molar refractivity (Wildman–Crippen MR) is 95.9 cm³/mol. The summed E-state index contributed by atoms with van der Waals surface area (Å²) in [5, 5.41) is 6.20. The Labute approximate surface area is 150 Å². The van der Waals surface area contributed by atoms with Crippen LogP contribution in [0.4, 0.5) is 4.39 Å². The van der Waals surface area contributed by atoms with Gasteiger partial charge in [-0.25, -0.2) is 4.39 Å². The molecule has 130 valence electrons. The van der Waals surface area contributed by atoms with Gasteiger partial charge in [-0.3, -0.25) is 4.90 Å². The first-order valence-electron chi connectivity index (χ1n) is 8.55. The second-order valence-corrected chi connectivity index (χ2v) is 7.42.